The molecule has 0 spiro atoms. The summed E-state index contributed by atoms with van der Waals surface area (Å²) in [6.07, 6.45) is 6.03. The van der Waals surface area contributed by atoms with Crippen molar-refractivity contribution in [2.45, 2.75) is 18.8 Å². The number of benzene rings is 1. The predicted octanol–water partition coefficient (Wildman–Crippen LogP) is 3.25. The largest absolute Gasteiger partial charge is 0.354 e. The van der Waals surface area contributed by atoms with Gasteiger partial charge in [-0.2, -0.15) is 0 Å². The van der Waals surface area contributed by atoms with E-state index in [2.05, 4.69) is 43.3 Å². The molecule has 1 saturated heterocycles. The summed E-state index contributed by atoms with van der Waals surface area (Å²) in [5, 5.41) is 8.84. The minimum atomic E-state index is 0.439. The maximum atomic E-state index is 4.44. The van der Waals surface area contributed by atoms with Crippen LogP contribution in [-0.4, -0.2) is 33.3 Å². The third-order valence-corrected chi connectivity index (χ3v) is 4.37. The number of imidazole rings is 1. The topological polar surface area (TPSA) is 57.7 Å². The molecule has 0 amide bonds. The Hall–Kier alpha value is -2.69. The highest BCUT2D eigenvalue weighted by Crippen LogP contribution is 2.27. The molecule has 0 bridgehead atoms. The van der Waals surface area contributed by atoms with Crippen LogP contribution in [0.25, 0.3) is 11.3 Å². The lowest BCUT2D eigenvalue weighted by atomic mass is 9.97. The van der Waals surface area contributed by atoms with Crippen molar-refractivity contribution in [1.29, 1.82) is 0 Å². The number of hydrogen-bond acceptors (Lipinski definition) is 4. The fourth-order valence-corrected chi connectivity index (χ4v) is 3.17. The highest BCUT2D eigenvalue weighted by Gasteiger charge is 2.24. The Morgan fingerprint density at radius 2 is 1.96 bits per heavy atom. The summed E-state index contributed by atoms with van der Waals surface area (Å²) in [6, 6.07) is 14.3. The molecule has 5 heteroatoms. The Balaban J connectivity index is 1.51. The minimum Gasteiger partial charge on any atom is -0.354 e. The predicted molar refractivity (Wildman–Crippen MR) is 90.2 cm³/mol. The van der Waals surface area contributed by atoms with Crippen molar-refractivity contribution >= 4 is 5.82 Å². The molecule has 1 aromatic carbocycles. The van der Waals surface area contributed by atoms with Crippen molar-refractivity contribution in [3.8, 4) is 11.3 Å². The van der Waals surface area contributed by atoms with Crippen LogP contribution in [-0.2, 0) is 0 Å². The highest BCUT2D eigenvalue weighted by atomic mass is 15.3. The molecule has 1 aliphatic heterocycles. The van der Waals surface area contributed by atoms with Crippen molar-refractivity contribution < 1.29 is 0 Å². The van der Waals surface area contributed by atoms with Crippen molar-refractivity contribution in [1.82, 2.24) is 20.2 Å². The molecule has 1 N–H and O–H groups in total. The van der Waals surface area contributed by atoms with Gasteiger partial charge in [-0.3, -0.25) is 0 Å². The van der Waals surface area contributed by atoms with Gasteiger partial charge in [0, 0.05) is 37.0 Å². The zero-order valence-electron chi connectivity index (χ0n) is 12.9. The number of aromatic amines is 1. The first-order valence-corrected chi connectivity index (χ1v) is 8.03. The highest BCUT2D eigenvalue weighted by molar-refractivity contribution is 5.59. The van der Waals surface area contributed by atoms with Crippen LogP contribution in [0.3, 0.4) is 0 Å². The molecule has 0 aliphatic carbocycles. The van der Waals surface area contributed by atoms with E-state index in [0.29, 0.717) is 5.92 Å². The van der Waals surface area contributed by atoms with Gasteiger partial charge in [-0.25, -0.2) is 4.98 Å². The van der Waals surface area contributed by atoms with E-state index >= 15 is 0 Å². The smallest absolute Gasteiger partial charge is 0.151 e. The molecule has 116 valence electrons. The summed E-state index contributed by atoms with van der Waals surface area (Å²) in [7, 11) is 0. The van der Waals surface area contributed by atoms with Crippen LogP contribution in [0.1, 0.15) is 24.6 Å². The monoisotopic (exact) mass is 305 g/mol. The minimum absolute atomic E-state index is 0.439. The standard InChI is InChI=1S/C18H19N5/c1-2-5-14(6-3-1)16-8-9-17(22-21-16)23-12-4-7-15(13-23)18-19-10-11-20-18/h1-3,5-6,8-11,15H,4,7,12-13H2,(H,19,20). The molecule has 1 atom stereocenters. The quantitative estimate of drug-likeness (QED) is 0.807. The third kappa shape index (κ3) is 2.95. The Labute approximate surface area is 135 Å². The lowest BCUT2D eigenvalue weighted by molar-refractivity contribution is 0.490. The molecule has 23 heavy (non-hydrogen) atoms. The first-order valence-electron chi connectivity index (χ1n) is 8.03. The Morgan fingerprint density at radius 1 is 1.04 bits per heavy atom. The van der Waals surface area contributed by atoms with Gasteiger partial charge in [-0.1, -0.05) is 30.3 Å². The molecule has 3 aromatic rings. The molecular weight excluding hydrogens is 286 g/mol. The number of rotatable bonds is 3. The van der Waals surface area contributed by atoms with Crippen LogP contribution in [0.4, 0.5) is 5.82 Å². The fourth-order valence-electron chi connectivity index (χ4n) is 3.17. The zero-order valence-corrected chi connectivity index (χ0v) is 12.9. The molecule has 2 aromatic heterocycles. The van der Waals surface area contributed by atoms with E-state index in [1.165, 1.54) is 6.42 Å². The van der Waals surface area contributed by atoms with Crippen molar-refractivity contribution in [2.75, 3.05) is 18.0 Å². The molecule has 1 unspecified atom stereocenters. The van der Waals surface area contributed by atoms with Crippen molar-refractivity contribution in [2.24, 2.45) is 0 Å². The lowest BCUT2D eigenvalue weighted by Crippen LogP contribution is -2.35. The number of hydrogen-bond donors (Lipinski definition) is 1. The summed E-state index contributed by atoms with van der Waals surface area (Å²) in [6.45, 7) is 1.96. The van der Waals surface area contributed by atoms with Gasteiger partial charge in [0.05, 0.1) is 5.69 Å². The van der Waals surface area contributed by atoms with Gasteiger partial charge in [0.2, 0.25) is 0 Å². The average Bonchev–Trinajstić information content (AvgIpc) is 3.18. The van der Waals surface area contributed by atoms with E-state index in [0.717, 1.165) is 42.4 Å². The van der Waals surface area contributed by atoms with Gasteiger partial charge >= 0.3 is 0 Å². The van der Waals surface area contributed by atoms with E-state index in [-0.39, 0.29) is 0 Å². The van der Waals surface area contributed by atoms with Crippen LogP contribution in [0.5, 0.6) is 0 Å². The average molecular weight is 305 g/mol. The normalized spacial score (nSPS) is 18.1. The molecule has 1 aliphatic rings. The lowest BCUT2D eigenvalue weighted by Gasteiger charge is -2.32. The maximum Gasteiger partial charge on any atom is 0.151 e. The van der Waals surface area contributed by atoms with E-state index in [4.69, 9.17) is 0 Å². The van der Waals surface area contributed by atoms with Crippen molar-refractivity contribution in [3.05, 3.63) is 60.7 Å². The number of piperidine rings is 1. The number of aromatic nitrogens is 4. The van der Waals surface area contributed by atoms with E-state index in [9.17, 15) is 0 Å². The zero-order chi connectivity index (χ0) is 15.5. The molecule has 0 radical (unpaired) electrons. The fraction of sp³-hybridized carbons (Fsp3) is 0.278. The summed E-state index contributed by atoms with van der Waals surface area (Å²) >= 11 is 0. The van der Waals surface area contributed by atoms with E-state index in [1.807, 2.05) is 36.7 Å². The summed E-state index contributed by atoms with van der Waals surface area (Å²) in [4.78, 5) is 9.94. The first kappa shape index (κ1) is 13.9. The molecule has 0 saturated carbocycles. The molecule has 3 heterocycles. The summed E-state index contributed by atoms with van der Waals surface area (Å²) in [5.41, 5.74) is 2.01. The van der Waals surface area contributed by atoms with Gasteiger partial charge in [-0.15, -0.1) is 10.2 Å². The molecule has 5 nitrogen and oxygen atoms in total. The number of nitrogens with one attached hydrogen (secondary N) is 1. The number of anilines is 1. The maximum absolute atomic E-state index is 4.44. The Bertz CT molecular complexity index is 737. The van der Waals surface area contributed by atoms with Gasteiger partial charge in [0.25, 0.3) is 0 Å². The molecule has 1 fully saturated rings. The second-order valence-electron chi connectivity index (χ2n) is 5.90. The SMILES string of the molecule is c1ccc(-c2ccc(N3CCCC(c4ncc[nH]4)C3)nn2)cc1. The van der Waals surface area contributed by atoms with Crippen LogP contribution in [0, 0.1) is 0 Å². The Morgan fingerprint density at radius 3 is 2.70 bits per heavy atom. The van der Waals surface area contributed by atoms with Crippen LogP contribution < -0.4 is 4.90 Å². The van der Waals surface area contributed by atoms with Crippen LogP contribution >= 0.6 is 0 Å². The number of nitrogens with zero attached hydrogens (tertiary/aromatic N) is 4. The van der Waals surface area contributed by atoms with Gasteiger partial charge in [0.1, 0.15) is 5.82 Å². The van der Waals surface area contributed by atoms with Crippen molar-refractivity contribution in [3.63, 3.8) is 0 Å². The summed E-state index contributed by atoms with van der Waals surface area (Å²) in [5.74, 6) is 2.46. The first-order chi connectivity index (χ1) is 11.4. The Kier molecular flexibility index (Phi) is 3.76. The van der Waals surface area contributed by atoms with Crippen LogP contribution in [0.2, 0.25) is 0 Å². The third-order valence-electron chi connectivity index (χ3n) is 4.37. The number of H-pyrrole nitrogens is 1. The van der Waals surface area contributed by atoms with Gasteiger partial charge in [-0.05, 0) is 25.0 Å². The van der Waals surface area contributed by atoms with Crippen LogP contribution in [0.15, 0.2) is 54.9 Å². The van der Waals surface area contributed by atoms with Gasteiger partial charge < -0.3 is 9.88 Å². The van der Waals surface area contributed by atoms with E-state index in [1.54, 1.807) is 0 Å². The van der Waals surface area contributed by atoms with E-state index < -0.39 is 0 Å². The second-order valence-corrected chi connectivity index (χ2v) is 5.90. The second kappa shape index (κ2) is 6.20. The molecular formula is C18H19N5. The summed E-state index contributed by atoms with van der Waals surface area (Å²) < 4.78 is 0. The molecule has 4 rings (SSSR count). The van der Waals surface area contributed by atoms with Gasteiger partial charge in [0.15, 0.2) is 5.82 Å².